The van der Waals surface area contributed by atoms with Crippen LogP contribution in [0, 0.1) is 0 Å². The molecule has 5 nitrogen and oxygen atoms in total. The first kappa shape index (κ1) is 24.7. The molecule has 0 fully saturated rings. The number of hydrogen-bond donors (Lipinski definition) is 2. The van der Waals surface area contributed by atoms with Gasteiger partial charge in [-0.05, 0) is 12.1 Å². The van der Waals surface area contributed by atoms with Crippen molar-refractivity contribution in [3.63, 3.8) is 0 Å². The van der Waals surface area contributed by atoms with Crippen molar-refractivity contribution in [3.8, 4) is 0 Å². The van der Waals surface area contributed by atoms with Crippen LogP contribution in [0.3, 0.4) is 0 Å². The summed E-state index contributed by atoms with van der Waals surface area (Å²) in [6.45, 7) is 0. The molecule has 0 aliphatic heterocycles. The second-order valence-electron chi connectivity index (χ2n) is 2.24. The minimum atomic E-state index is -4.74. The molecule has 2 N–H and O–H groups in total. The summed E-state index contributed by atoms with van der Waals surface area (Å²) in [5, 5.41) is 0. The predicted molar refractivity (Wildman–Crippen MR) is 47.2 cm³/mol. The van der Waals surface area contributed by atoms with Crippen LogP contribution < -0.4 is 154 Å². The molecule has 0 amide bonds. The third-order valence-corrected chi connectivity index (χ3v) is 1.61. The predicted octanol–water partition coefficient (Wildman–Crippen LogP) is -7.71. The SMILES string of the molecule is O=C(OP(=O)(O)O)c1ccccc1.[H-].[H-].[H-].[K+].[K+].[K+]. The number of hydrogen-bond acceptors (Lipinski definition) is 3. The van der Waals surface area contributed by atoms with Crippen LogP contribution >= 0.6 is 7.82 Å². The van der Waals surface area contributed by atoms with Gasteiger partial charge < -0.3 is 8.80 Å². The van der Waals surface area contributed by atoms with Gasteiger partial charge in [-0.15, -0.1) is 0 Å². The third kappa shape index (κ3) is 11.6. The van der Waals surface area contributed by atoms with Gasteiger partial charge >= 0.3 is 168 Å². The summed E-state index contributed by atoms with van der Waals surface area (Å²) in [5.74, 6) is -1.03. The minimum absolute atomic E-state index is 0. The molecule has 0 aliphatic carbocycles. The molecule has 0 bridgehead atoms. The van der Waals surface area contributed by atoms with Gasteiger partial charge in [0.25, 0.3) is 0 Å². The molecule has 0 radical (unpaired) electrons. The smallest absolute Gasteiger partial charge is 1.00 e. The molecule has 0 unspecified atom stereocenters. The minimum Gasteiger partial charge on any atom is -1.00 e. The normalized spacial score (nSPS) is 8.88. The molecule has 0 aliphatic rings. The zero-order valence-corrected chi connectivity index (χ0v) is 19.7. The number of phosphoric ester groups is 1. The summed E-state index contributed by atoms with van der Waals surface area (Å²) in [5.41, 5.74) is 0.103. The largest absolute Gasteiger partial charge is 1.00 e. The number of carbonyl (C=O) groups excluding carboxylic acids is 1. The van der Waals surface area contributed by atoms with Gasteiger partial charge in [-0.25, -0.2) is 9.36 Å². The Labute approximate surface area is 225 Å². The molecular formula is C7H10K3O5P. The van der Waals surface area contributed by atoms with Crippen LogP contribution in [0.2, 0.25) is 0 Å². The van der Waals surface area contributed by atoms with Crippen LogP contribution in [0.4, 0.5) is 0 Å². The van der Waals surface area contributed by atoms with Crippen molar-refractivity contribution in [1.29, 1.82) is 0 Å². The van der Waals surface area contributed by atoms with Crippen molar-refractivity contribution in [3.05, 3.63) is 35.9 Å². The van der Waals surface area contributed by atoms with E-state index in [2.05, 4.69) is 4.52 Å². The fourth-order valence-corrected chi connectivity index (χ4v) is 1.06. The van der Waals surface area contributed by atoms with E-state index in [0.29, 0.717) is 0 Å². The Morgan fingerprint density at radius 1 is 1.12 bits per heavy atom. The molecule has 0 heterocycles. The molecular weight excluding hydrogens is 312 g/mol. The Balaban J connectivity index is -0.0000000704. The summed E-state index contributed by atoms with van der Waals surface area (Å²) in [7, 11) is -4.74. The molecule has 76 valence electrons. The van der Waals surface area contributed by atoms with Crippen molar-refractivity contribution >= 4 is 13.8 Å². The summed E-state index contributed by atoms with van der Waals surface area (Å²) >= 11 is 0. The van der Waals surface area contributed by atoms with Crippen molar-refractivity contribution in [2.75, 3.05) is 0 Å². The first-order chi connectivity index (χ1) is 5.99. The summed E-state index contributed by atoms with van der Waals surface area (Å²) in [6, 6.07) is 7.61. The third-order valence-electron chi connectivity index (χ3n) is 1.21. The van der Waals surface area contributed by atoms with Gasteiger partial charge in [0.2, 0.25) is 0 Å². The molecule has 16 heavy (non-hydrogen) atoms. The number of carbonyl (C=O) groups is 1. The second kappa shape index (κ2) is 12.5. The van der Waals surface area contributed by atoms with Gasteiger partial charge in [-0.3, -0.25) is 9.79 Å². The quantitative estimate of drug-likeness (QED) is 0.417. The maximum absolute atomic E-state index is 10.9. The van der Waals surface area contributed by atoms with E-state index in [0.717, 1.165) is 0 Å². The van der Waals surface area contributed by atoms with Crippen LogP contribution in [-0.4, -0.2) is 15.8 Å². The zero-order chi connectivity index (χ0) is 9.90. The Hall–Kier alpha value is 3.75. The number of rotatable bonds is 2. The van der Waals surface area contributed by atoms with E-state index in [1.54, 1.807) is 18.2 Å². The van der Waals surface area contributed by atoms with Gasteiger partial charge in [0.05, 0.1) is 5.56 Å². The molecule has 1 aromatic carbocycles. The molecule has 0 spiro atoms. The number of phosphoric acid groups is 1. The molecule has 1 rings (SSSR count). The maximum Gasteiger partial charge on any atom is 1.00 e. The first-order valence-corrected chi connectivity index (χ1v) is 4.86. The zero-order valence-electron chi connectivity index (χ0n) is 12.5. The Kier molecular flexibility index (Phi) is 19.3. The molecule has 9 heteroatoms. The van der Waals surface area contributed by atoms with Gasteiger partial charge in [-0.1, -0.05) is 18.2 Å². The molecule has 1 aromatic rings. The fraction of sp³-hybridized carbons (Fsp3) is 0. The fourth-order valence-electron chi connectivity index (χ4n) is 0.735. The molecule has 0 aromatic heterocycles. The topological polar surface area (TPSA) is 83.8 Å². The van der Waals surface area contributed by atoms with E-state index in [-0.39, 0.29) is 164 Å². The average Bonchev–Trinajstić information content (AvgIpc) is 2.03. The monoisotopic (exact) mass is 322 g/mol. The van der Waals surface area contributed by atoms with E-state index < -0.39 is 13.8 Å². The van der Waals surface area contributed by atoms with E-state index in [9.17, 15) is 9.36 Å². The first-order valence-electron chi connectivity index (χ1n) is 3.33. The van der Waals surface area contributed by atoms with Gasteiger partial charge in [0.1, 0.15) is 0 Å². The Bertz CT molecular complexity index is 364. The standard InChI is InChI=1S/C7H7O5P.3K.3H/c8-7(12-13(9,10)11)6-4-2-1-3-5-6;;;;;;/h1-5H,(H2,9,10,11);;;;;;/q;3*+1;3*-1. The summed E-state index contributed by atoms with van der Waals surface area (Å²) in [4.78, 5) is 27.6. The van der Waals surface area contributed by atoms with Gasteiger partial charge in [0, 0.05) is 0 Å². The van der Waals surface area contributed by atoms with Crippen LogP contribution in [0.1, 0.15) is 14.6 Å². The van der Waals surface area contributed by atoms with E-state index in [4.69, 9.17) is 9.79 Å². The second-order valence-corrected chi connectivity index (χ2v) is 3.40. The van der Waals surface area contributed by atoms with E-state index in [1.807, 2.05) is 0 Å². The maximum atomic E-state index is 10.9. The number of benzene rings is 1. The van der Waals surface area contributed by atoms with Gasteiger partial charge in [-0.2, -0.15) is 0 Å². The van der Waals surface area contributed by atoms with Crippen molar-refractivity contribution < 1.29 is 182 Å². The van der Waals surface area contributed by atoms with Crippen LogP contribution in [-0.2, 0) is 9.09 Å². The van der Waals surface area contributed by atoms with Crippen LogP contribution in [0.15, 0.2) is 30.3 Å². The van der Waals surface area contributed by atoms with Crippen LogP contribution in [0.5, 0.6) is 0 Å². The van der Waals surface area contributed by atoms with Gasteiger partial charge in [0.15, 0.2) is 0 Å². The van der Waals surface area contributed by atoms with Crippen molar-refractivity contribution in [2.24, 2.45) is 0 Å². The van der Waals surface area contributed by atoms with E-state index in [1.165, 1.54) is 12.1 Å². The van der Waals surface area contributed by atoms with Crippen molar-refractivity contribution in [1.82, 2.24) is 0 Å². The average molecular weight is 322 g/mol. The summed E-state index contributed by atoms with van der Waals surface area (Å²) < 4.78 is 14.1. The van der Waals surface area contributed by atoms with Crippen molar-refractivity contribution in [2.45, 2.75) is 0 Å². The summed E-state index contributed by atoms with van der Waals surface area (Å²) in [6.07, 6.45) is 0. The Morgan fingerprint density at radius 2 is 1.56 bits per heavy atom. The molecule has 0 saturated heterocycles. The molecule has 0 saturated carbocycles. The Morgan fingerprint density at radius 3 is 1.94 bits per heavy atom. The molecule has 0 atom stereocenters. The van der Waals surface area contributed by atoms with Crippen LogP contribution in [0.25, 0.3) is 0 Å². The van der Waals surface area contributed by atoms with E-state index >= 15 is 0 Å².